The van der Waals surface area contributed by atoms with Gasteiger partial charge in [-0.25, -0.2) is 9.59 Å². The molecule has 0 N–H and O–H groups in total. The van der Waals surface area contributed by atoms with Crippen LogP contribution in [0, 0.1) is 6.92 Å². The lowest BCUT2D eigenvalue weighted by atomic mass is 9.87. The molecule has 0 bridgehead atoms. The number of hydrogen-bond donors (Lipinski definition) is 0. The Morgan fingerprint density at radius 3 is 1.22 bits per heavy atom. The van der Waals surface area contributed by atoms with Crippen molar-refractivity contribution >= 4 is 11.9 Å². The van der Waals surface area contributed by atoms with Crippen LogP contribution in [0.5, 0.6) is 11.5 Å². The zero-order valence-corrected chi connectivity index (χ0v) is 21.8. The van der Waals surface area contributed by atoms with Gasteiger partial charge in [0.05, 0.1) is 0 Å². The summed E-state index contributed by atoms with van der Waals surface area (Å²) in [6.45, 7) is 19.9. The summed E-state index contributed by atoms with van der Waals surface area (Å²) in [7, 11) is 0. The first kappa shape index (κ1) is 50.3. The lowest BCUT2D eigenvalue weighted by molar-refractivity contribution is -0.140. The van der Waals surface area contributed by atoms with Crippen molar-refractivity contribution in [1.82, 2.24) is 0 Å². The third-order valence-electron chi connectivity index (χ3n) is 4.61. The Morgan fingerprint density at radius 2 is 0.927 bits per heavy atom. The average molecular weight is 579 g/mol. The number of carbonyl (C=O) groups excluding carboxylic acids is 2. The molecule has 2 aromatic rings. The van der Waals surface area contributed by atoms with Crippen LogP contribution < -0.4 is 9.47 Å². The quantitative estimate of drug-likeness (QED) is 0.159. The van der Waals surface area contributed by atoms with E-state index >= 15 is 0 Å². The topological polar surface area (TPSA) is 71.1 Å². The number of benzene rings is 2. The minimum Gasteiger partial charge on any atom is -0.490 e. The minimum absolute atomic E-state index is 0. The minimum atomic E-state index is -0.383. The first-order chi connectivity index (χ1) is 16.4. The molecule has 0 aliphatic rings. The second kappa shape index (κ2) is 25.4. The van der Waals surface area contributed by atoms with Crippen molar-refractivity contribution in [1.29, 1.82) is 0 Å². The highest BCUT2D eigenvalue weighted by molar-refractivity contribution is 5.87. The first-order valence-corrected chi connectivity index (χ1v) is 11.5. The summed E-state index contributed by atoms with van der Waals surface area (Å²) in [5, 5.41) is 0. The standard InChI is InChI=1S/C16H22O3.C13H16O3.6CH4/c1-12(2)15(17)19-11-10-18-14-8-6-13(7-9-14)16(3,4)5;1-10(2)13(14)16-9-8-15-12-6-4-11(3)5-7-12;;;;;;/h6-9H,1,10-11H2,2-5H3;4-7H,1,8-9H2,2-3H3;6*1H4. The van der Waals surface area contributed by atoms with Gasteiger partial charge in [-0.2, -0.15) is 0 Å². The van der Waals surface area contributed by atoms with E-state index in [9.17, 15) is 9.59 Å². The van der Waals surface area contributed by atoms with Gasteiger partial charge in [0.15, 0.2) is 0 Å². The molecule has 0 unspecified atom stereocenters. The average Bonchev–Trinajstić information content (AvgIpc) is 2.80. The SMILES string of the molecule is C.C.C.C.C.C.C=C(C)C(=O)OCCOc1ccc(C(C)(C)C)cc1.C=C(C)C(=O)OCCOc1ccc(C)cc1. The van der Waals surface area contributed by atoms with E-state index in [0.29, 0.717) is 24.4 Å². The lowest BCUT2D eigenvalue weighted by Crippen LogP contribution is -2.13. The van der Waals surface area contributed by atoms with Crippen LogP contribution in [0.1, 0.15) is 90.3 Å². The predicted octanol–water partition coefficient (Wildman–Crippen LogP) is 9.79. The van der Waals surface area contributed by atoms with Crippen LogP contribution in [-0.2, 0) is 24.5 Å². The smallest absolute Gasteiger partial charge is 0.333 e. The summed E-state index contributed by atoms with van der Waals surface area (Å²) in [6.07, 6.45) is 0. The Hall–Kier alpha value is -3.54. The van der Waals surface area contributed by atoms with Gasteiger partial charge in [-0.15, -0.1) is 0 Å². The summed E-state index contributed by atoms with van der Waals surface area (Å²) in [6, 6.07) is 15.7. The molecule has 0 aliphatic carbocycles. The molecular formula is C35H62O6. The van der Waals surface area contributed by atoms with Crippen molar-refractivity contribution in [2.24, 2.45) is 0 Å². The molecule has 238 valence electrons. The molecule has 2 rings (SSSR count). The van der Waals surface area contributed by atoms with Crippen molar-refractivity contribution < 1.29 is 28.5 Å². The highest BCUT2D eigenvalue weighted by atomic mass is 16.6. The van der Waals surface area contributed by atoms with E-state index in [2.05, 4.69) is 46.1 Å². The van der Waals surface area contributed by atoms with Gasteiger partial charge in [0, 0.05) is 11.1 Å². The maximum absolute atomic E-state index is 11.1. The molecule has 0 fully saturated rings. The molecule has 6 nitrogen and oxygen atoms in total. The van der Waals surface area contributed by atoms with Crippen LogP contribution >= 0.6 is 0 Å². The summed E-state index contributed by atoms with van der Waals surface area (Å²) < 4.78 is 20.7. The molecule has 0 amide bonds. The molecule has 0 aliphatic heterocycles. The molecule has 0 heterocycles. The van der Waals surface area contributed by atoms with Crippen molar-refractivity contribution in [2.75, 3.05) is 26.4 Å². The van der Waals surface area contributed by atoms with Gasteiger partial charge in [0.1, 0.15) is 37.9 Å². The van der Waals surface area contributed by atoms with E-state index in [1.807, 2.05) is 43.3 Å². The molecular weight excluding hydrogens is 516 g/mol. The van der Waals surface area contributed by atoms with Crippen molar-refractivity contribution in [2.45, 2.75) is 91.5 Å². The molecule has 0 spiro atoms. The van der Waals surface area contributed by atoms with Gasteiger partial charge in [0.25, 0.3) is 0 Å². The maximum Gasteiger partial charge on any atom is 0.333 e. The Labute approximate surface area is 253 Å². The Bertz CT molecular complexity index is 967. The van der Waals surface area contributed by atoms with E-state index in [0.717, 1.165) is 11.5 Å². The third-order valence-corrected chi connectivity index (χ3v) is 4.61. The van der Waals surface area contributed by atoms with Gasteiger partial charge in [0.2, 0.25) is 0 Å². The predicted molar refractivity (Wildman–Crippen MR) is 179 cm³/mol. The van der Waals surface area contributed by atoms with Gasteiger partial charge in [-0.3, -0.25) is 0 Å². The third kappa shape index (κ3) is 21.9. The van der Waals surface area contributed by atoms with Crippen LogP contribution in [0.3, 0.4) is 0 Å². The fourth-order valence-electron chi connectivity index (χ4n) is 2.52. The van der Waals surface area contributed by atoms with Gasteiger partial charge in [-0.05, 0) is 56.0 Å². The van der Waals surface area contributed by atoms with E-state index in [1.54, 1.807) is 13.8 Å². The van der Waals surface area contributed by atoms with E-state index in [-0.39, 0.29) is 75.1 Å². The number of esters is 2. The van der Waals surface area contributed by atoms with E-state index < -0.39 is 0 Å². The van der Waals surface area contributed by atoms with Crippen molar-refractivity contribution in [3.05, 3.63) is 84.0 Å². The van der Waals surface area contributed by atoms with Crippen LogP contribution in [0.2, 0.25) is 0 Å². The molecule has 0 saturated carbocycles. The van der Waals surface area contributed by atoms with Crippen LogP contribution in [0.4, 0.5) is 0 Å². The highest BCUT2D eigenvalue weighted by Gasteiger charge is 2.13. The van der Waals surface area contributed by atoms with Gasteiger partial charge < -0.3 is 18.9 Å². The van der Waals surface area contributed by atoms with Gasteiger partial charge in [-0.1, -0.05) is 108 Å². The second-order valence-corrected chi connectivity index (χ2v) is 9.12. The van der Waals surface area contributed by atoms with Crippen molar-refractivity contribution in [3.63, 3.8) is 0 Å². The number of rotatable bonds is 10. The highest BCUT2D eigenvalue weighted by Crippen LogP contribution is 2.24. The van der Waals surface area contributed by atoms with E-state index in [1.165, 1.54) is 11.1 Å². The monoisotopic (exact) mass is 578 g/mol. The normalized spacial score (nSPS) is 8.83. The summed E-state index contributed by atoms with van der Waals surface area (Å²) in [5.41, 5.74) is 3.37. The molecule has 0 saturated heterocycles. The van der Waals surface area contributed by atoms with Crippen LogP contribution in [0.25, 0.3) is 0 Å². The number of carbonyl (C=O) groups is 2. The largest absolute Gasteiger partial charge is 0.490 e. The summed E-state index contributed by atoms with van der Waals surface area (Å²) in [4.78, 5) is 22.2. The molecule has 0 radical (unpaired) electrons. The molecule has 6 heteroatoms. The Morgan fingerprint density at radius 1 is 0.610 bits per heavy atom. The number of hydrogen-bond acceptors (Lipinski definition) is 6. The number of aryl methyl sites for hydroxylation is 1. The van der Waals surface area contributed by atoms with Crippen LogP contribution in [0.15, 0.2) is 72.8 Å². The summed E-state index contributed by atoms with van der Waals surface area (Å²) >= 11 is 0. The fourth-order valence-corrected chi connectivity index (χ4v) is 2.52. The summed E-state index contributed by atoms with van der Waals surface area (Å²) in [5.74, 6) is 0.788. The molecule has 0 atom stereocenters. The zero-order chi connectivity index (χ0) is 26.4. The lowest BCUT2D eigenvalue weighted by Gasteiger charge is -2.19. The fraction of sp³-hybridized carbons (Fsp3) is 0.486. The Balaban J connectivity index is -0.000000132. The second-order valence-electron chi connectivity index (χ2n) is 9.12. The van der Waals surface area contributed by atoms with Gasteiger partial charge >= 0.3 is 11.9 Å². The van der Waals surface area contributed by atoms with Crippen molar-refractivity contribution in [3.8, 4) is 11.5 Å². The molecule has 41 heavy (non-hydrogen) atoms. The Kier molecular flexibility index (Phi) is 31.2. The first-order valence-electron chi connectivity index (χ1n) is 11.5. The molecule has 0 aromatic heterocycles. The number of ether oxygens (including phenoxy) is 4. The zero-order valence-electron chi connectivity index (χ0n) is 21.8. The maximum atomic E-state index is 11.1. The molecule has 2 aromatic carbocycles. The van der Waals surface area contributed by atoms with Crippen LogP contribution in [-0.4, -0.2) is 38.4 Å². The van der Waals surface area contributed by atoms with E-state index in [4.69, 9.17) is 18.9 Å².